The van der Waals surface area contributed by atoms with Gasteiger partial charge in [0.15, 0.2) is 0 Å². The molecule has 4 saturated heterocycles. The Bertz CT molecular complexity index is 450. The number of hydrogen-bond acceptors (Lipinski definition) is 4. The van der Waals surface area contributed by atoms with E-state index in [0.29, 0.717) is 50.4 Å². The lowest BCUT2D eigenvalue weighted by molar-refractivity contribution is -0.145. The zero-order chi connectivity index (χ0) is 16.5. The van der Waals surface area contributed by atoms with Crippen molar-refractivity contribution in [1.82, 2.24) is 9.80 Å². The fourth-order valence-corrected chi connectivity index (χ4v) is 4.94. The maximum absolute atomic E-state index is 13.4. The molecule has 136 valence electrons. The molecule has 4 rings (SSSR count). The van der Waals surface area contributed by atoms with Gasteiger partial charge in [-0.1, -0.05) is 0 Å². The molecule has 0 radical (unpaired) electrons. The van der Waals surface area contributed by atoms with E-state index >= 15 is 0 Å². The van der Waals surface area contributed by atoms with Gasteiger partial charge in [0, 0.05) is 45.4 Å². The summed E-state index contributed by atoms with van der Waals surface area (Å²) in [6.45, 7) is 6.22. The maximum Gasteiger partial charge on any atom is 0.228 e. The van der Waals surface area contributed by atoms with Crippen molar-refractivity contribution in [2.45, 2.75) is 37.9 Å². The van der Waals surface area contributed by atoms with Gasteiger partial charge in [-0.2, -0.15) is 0 Å². The van der Waals surface area contributed by atoms with E-state index in [4.69, 9.17) is 9.47 Å². The minimum Gasteiger partial charge on any atom is -0.381 e. The van der Waals surface area contributed by atoms with E-state index in [0.717, 1.165) is 45.8 Å². The summed E-state index contributed by atoms with van der Waals surface area (Å²) in [6.07, 6.45) is 2.44. The van der Waals surface area contributed by atoms with Crippen molar-refractivity contribution in [3.8, 4) is 0 Å². The Hall–Kier alpha value is -0.720. The van der Waals surface area contributed by atoms with Crippen LogP contribution in [0, 0.1) is 17.8 Å². The monoisotopic (exact) mass is 340 g/mol. The number of ether oxygens (including phenoxy) is 2. The fourth-order valence-electron chi connectivity index (χ4n) is 4.94. The second-order valence-corrected chi connectivity index (χ2v) is 7.87. The Morgan fingerprint density at radius 1 is 0.958 bits per heavy atom. The van der Waals surface area contributed by atoms with E-state index in [-0.39, 0.29) is 11.8 Å². The van der Waals surface area contributed by atoms with Crippen molar-refractivity contribution < 1.29 is 18.7 Å². The first-order valence-corrected chi connectivity index (χ1v) is 9.55. The molecule has 6 heteroatoms. The summed E-state index contributed by atoms with van der Waals surface area (Å²) in [6, 6.07) is 0.599. The molecule has 5 nitrogen and oxygen atoms in total. The quantitative estimate of drug-likeness (QED) is 0.760. The van der Waals surface area contributed by atoms with Gasteiger partial charge in [-0.05, 0) is 37.5 Å². The minimum absolute atomic E-state index is 0.0373. The number of fused-ring (bicyclic) bond motifs is 1. The molecule has 0 saturated carbocycles. The van der Waals surface area contributed by atoms with E-state index in [1.165, 1.54) is 0 Å². The number of likely N-dealkylation sites (tertiary alicyclic amines) is 2. The summed E-state index contributed by atoms with van der Waals surface area (Å²) in [7, 11) is 0. The van der Waals surface area contributed by atoms with E-state index in [1.807, 2.05) is 4.90 Å². The largest absolute Gasteiger partial charge is 0.381 e. The zero-order valence-electron chi connectivity index (χ0n) is 14.4. The lowest BCUT2D eigenvalue weighted by Crippen LogP contribution is -2.49. The average molecular weight is 340 g/mol. The third-order valence-electron chi connectivity index (χ3n) is 6.43. The van der Waals surface area contributed by atoms with Crippen LogP contribution in [0.5, 0.6) is 0 Å². The molecule has 0 unspecified atom stereocenters. The Morgan fingerprint density at radius 2 is 1.71 bits per heavy atom. The molecule has 1 amide bonds. The summed E-state index contributed by atoms with van der Waals surface area (Å²) >= 11 is 0. The number of piperidine rings is 1. The molecule has 4 heterocycles. The second-order valence-electron chi connectivity index (χ2n) is 7.87. The van der Waals surface area contributed by atoms with E-state index in [9.17, 15) is 9.18 Å². The minimum atomic E-state index is -0.736. The van der Waals surface area contributed by atoms with E-state index < -0.39 is 6.17 Å². The van der Waals surface area contributed by atoms with Gasteiger partial charge >= 0.3 is 0 Å². The van der Waals surface area contributed by atoms with Crippen molar-refractivity contribution in [3.05, 3.63) is 0 Å². The third kappa shape index (κ3) is 3.33. The summed E-state index contributed by atoms with van der Waals surface area (Å²) in [5, 5.41) is 0. The number of nitrogens with zero attached hydrogens (tertiary/aromatic N) is 2. The molecule has 0 aromatic carbocycles. The van der Waals surface area contributed by atoms with Gasteiger partial charge in [0.05, 0.1) is 19.1 Å². The summed E-state index contributed by atoms with van der Waals surface area (Å²) in [5.41, 5.74) is 0. The molecule has 0 aromatic rings. The van der Waals surface area contributed by atoms with Crippen molar-refractivity contribution in [2.75, 3.05) is 52.6 Å². The van der Waals surface area contributed by atoms with Crippen LogP contribution in [0.3, 0.4) is 0 Å². The number of rotatable bonds is 2. The van der Waals surface area contributed by atoms with Crippen LogP contribution in [-0.2, 0) is 14.3 Å². The molecule has 0 N–H and O–H groups in total. The van der Waals surface area contributed by atoms with Crippen LogP contribution < -0.4 is 0 Å². The highest BCUT2D eigenvalue weighted by atomic mass is 19.1. The summed E-state index contributed by atoms with van der Waals surface area (Å²) in [4.78, 5) is 17.4. The highest BCUT2D eigenvalue weighted by Crippen LogP contribution is 2.37. The molecular weight excluding hydrogens is 311 g/mol. The van der Waals surface area contributed by atoms with Gasteiger partial charge < -0.3 is 14.4 Å². The smallest absolute Gasteiger partial charge is 0.228 e. The Kier molecular flexibility index (Phi) is 5.06. The van der Waals surface area contributed by atoms with Gasteiger partial charge in [-0.25, -0.2) is 4.39 Å². The van der Waals surface area contributed by atoms with E-state index in [1.54, 1.807) is 0 Å². The number of halogens is 1. The number of carbonyl (C=O) groups is 1. The molecule has 0 bridgehead atoms. The van der Waals surface area contributed by atoms with E-state index in [2.05, 4.69) is 4.90 Å². The highest BCUT2D eigenvalue weighted by molar-refractivity contribution is 5.79. The predicted molar refractivity (Wildman–Crippen MR) is 87.4 cm³/mol. The molecule has 0 spiro atoms. The maximum atomic E-state index is 13.4. The van der Waals surface area contributed by atoms with Crippen molar-refractivity contribution in [3.63, 3.8) is 0 Å². The first kappa shape index (κ1) is 16.7. The van der Waals surface area contributed by atoms with Gasteiger partial charge in [-0.15, -0.1) is 0 Å². The van der Waals surface area contributed by atoms with Crippen LogP contribution in [0.4, 0.5) is 4.39 Å². The zero-order valence-corrected chi connectivity index (χ0v) is 14.4. The third-order valence-corrected chi connectivity index (χ3v) is 6.43. The lowest BCUT2D eigenvalue weighted by atomic mass is 9.81. The van der Waals surface area contributed by atoms with Crippen LogP contribution in [-0.4, -0.2) is 80.5 Å². The van der Waals surface area contributed by atoms with Crippen molar-refractivity contribution >= 4 is 5.91 Å². The summed E-state index contributed by atoms with van der Waals surface area (Å²) < 4.78 is 24.6. The molecule has 4 fully saturated rings. The fraction of sp³-hybridized carbons (Fsp3) is 0.944. The van der Waals surface area contributed by atoms with Gasteiger partial charge in [-0.3, -0.25) is 9.69 Å². The van der Waals surface area contributed by atoms with Gasteiger partial charge in [0.1, 0.15) is 6.17 Å². The van der Waals surface area contributed by atoms with Gasteiger partial charge in [0.25, 0.3) is 0 Å². The number of amides is 1. The molecule has 0 aromatic heterocycles. The van der Waals surface area contributed by atoms with Crippen LogP contribution in [0.25, 0.3) is 0 Å². The molecule has 3 atom stereocenters. The summed E-state index contributed by atoms with van der Waals surface area (Å²) in [5.74, 6) is 1.03. The van der Waals surface area contributed by atoms with Gasteiger partial charge in [0.2, 0.25) is 5.91 Å². The Labute approximate surface area is 143 Å². The first-order valence-electron chi connectivity index (χ1n) is 9.55. The highest BCUT2D eigenvalue weighted by Gasteiger charge is 2.46. The molecule has 4 aliphatic heterocycles. The Morgan fingerprint density at radius 3 is 2.46 bits per heavy atom. The first-order chi connectivity index (χ1) is 11.7. The normalized spacial score (nSPS) is 36.7. The van der Waals surface area contributed by atoms with Crippen LogP contribution >= 0.6 is 0 Å². The second kappa shape index (κ2) is 7.26. The SMILES string of the molecule is O=C([C@H]1COC[C@H]2CN(C3CCOCC3)C[C@H]21)N1CCC(F)CC1. The lowest BCUT2D eigenvalue weighted by Gasteiger charge is -2.37. The van der Waals surface area contributed by atoms with Crippen molar-refractivity contribution in [2.24, 2.45) is 17.8 Å². The number of hydrogen-bond donors (Lipinski definition) is 0. The molecule has 0 aliphatic carbocycles. The number of carbonyl (C=O) groups excluding carboxylic acids is 1. The molecule has 24 heavy (non-hydrogen) atoms. The molecular formula is C18H29FN2O3. The molecule has 4 aliphatic rings. The van der Waals surface area contributed by atoms with Crippen LogP contribution in [0.2, 0.25) is 0 Å². The van der Waals surface area contributed by atoms with Crippen LogP contribution in [0.1, 0.15) is 25.7 Å². The Balaban J connectivity index is 1.40. The number of alkyl halides is 1. The average Bonchev–Trinajstić information content (AvgIpc) is 3.07. The van der Waals surface area contributed by atoms with Crippen molar-refractivity contribution in [1.29, 1.82) is 0 Å². The van der Waals surface area contributed by atoms with Crippen LogP contribution in [0.15, 0.2) is 0 Å². The topological polar surface area (TPSA) is 42.0 Å². The standard InChI is InChI=1S/C18H29FN2O3/c19-14-1-5-20(6-2-14)18(22)17-12-24-11-13-9-21(10-16(13)17)15-3-7-23-8-4-15/h13-17H,1-12H2/t13-,16-,17+/m1/s1. The predicted octanol–water partition coefficient (Wildman–Crippen LogP) is 1.32.